The molecule has 2 aromatic carbocycles. The molecule has 4 amide bonds. The fraction of sp³-hybridized carbons (Fsp3) is 0.393. The quantitative estimate of drug-likeness (QED) is 0.373. The molecule has 218 valence electrons. The molecular weight excluding hydrogens is 575 g/mol. The Morgan fingerprint density at radius 1 is 1.12 bits per heavy atom. The normalized spacial score (nSPS) is 20.7. The van der Waals surface area contributed by atoms with Crippen LogP contribution >= 0.6 is 23.2 Å². The topological polar surface area (TPSA) is 143 Å². The van der Waals surface area contributed by atoms with Gasteiger partial charge in [0.1, 0.15) is 18.1 Å². The van der Waals surface area contributed by atoms with E-state index < -0.39 is 48.1 Å². The molecule has 0 saturated carbocycles. The van der Waals surface area contributed by atoms with E-state index in [0.717, 1.165) is 5.56 Å². The molecule has 41 heavy (non-hydrogen) atoms. The standard InChI is InChI=1S/C28H30Cl2N4O7/c1-15(31-25(37)18-11-19(29)24(20(30)12-18)32-16(2)35)27(39)34-10-6-9-22(34)26(38)33-21-13-23(36)41-28(21)40-14-17-7-4-3-5-8-17/h3-5,7-8,11-12,15,21-22,28H,6,9-10,13-14H2,1-2H3,(H,31,37)(H,32,35)(H,33,38)/t15-,21-,22-,28?/m0/s1. The lowest BCUT2D eigenvalue weighted by atomic mass is 10.1. The average Bonchev–Trinajstić information content (AvgIpc) is 3.55. The molecule has 2 aliphatic heterocycles. The van der Waals surface area contributed by atoms with Crippen molar-refractivity contribution in [2.45, 2.75) is 64.1 Å². The molecule has 1 unspecified atom stereocenters. The molecule has 2 fully saturated rings. The average molecular weight is 605 g/mol. The second kappa shape index (κ2) is 13.3. The predicted molar refractivity (Wildman–Crippen MR) is 150 cm³/mol. The van der Waals surface area contributed by atoms with Gasteiger partial charge in [0.15, 0.2) is 0 Å². The SMILES string of the molecule is CC(=O)Nc1c(Cl)cc(C(=O)N[C@@H](C)C(=O)N2CCC[C@H]2C(=O)N[C@H]2CC(=O)OC2OCc2ccccc2)cc1Cl. The second-order valence-corrected chi connectivity index (χ2v) is 10.7. The number of amides is 4. The van der Waals surface area contributed by atoms with Gasteiger partial charge in [-0.25, -0.2) is 0 Å². The first-order valence-corrected chi connectivity index (χ1v) is 13.8. The smallest absolute Gasteiger partial charge is 0.310 e. The first-order valence-electron chi connectivity index (χ1n) is 13.1. The highest BCUT2D eigenvalue weighted by Gasteiger charge is 2.41. The highest BCUT2D eigenvalue weighted by atomic mass is 35.5. The van der Waals surface area contributed by atoms with Crippen molar-refractivity contribution in [2.24, 2.45) is 0 Å². The molecule has 0 bridgehead atoms. The summed E-state index contributed by atoms with van der Waals surface area (Å²) in [7, 11) is 0. The first kappa shape index (κ1) is 30.3. The van der Waals surface area contributed by atoms with Gasteiger partial charge in [-0.3, -0.25) is 24.0 Å². The molecule has 13 heteroatoms. The van der Waals surface area contributed by atoms with Crippen molar-refractivity contribution in [2.75, 3.05) is 11.9 Å². The van der Waals surface area contributed by atoms with Crippen molar-refractivity contribution in [3.63, 3.8) is 0 Å². The van der Waals surface area contributed by atoms with E-state index in [1.54, 1.807) is 0 Å². The Hall–Kier alpha value is -3.67. The number of nitrogens with one attached hydrogen (secondary N) is 3. The van der Waals surface area contributed by atoms with E-state index in [9.17, 15) is 24.0 Å². The summed E-state index contributed by atoms with van der Waals surface area (Å²) < 4.78 is 11.0. The lowest BCUT2D eigenvalue weighted by molar-refractivity contribution is -0.168. The van der Waals surface area contributed by atoms with Gasteiger partial charge in [0.25, 0.3) is 5.91 Å². The van der Waals surface area contributed by atoms with Crippen molar-refractivity contribution in [1.82, 2.24) is 15.5 Å². The van der Waals surface area contributed by atoms with E-state index in [4.69, 9.17) is 32.7 Å². The summed E-state index contributed by atoms with van der Waals surface area (Å²) in [6, 6.07) is 9.55. The summed E-state index contributed by atoms with van der Waals surface area (Å²) in [4.78, 5) is 64.1. The molecule has 4 rings (SSSR count). The molecule has 2 heterocycles. The van der Waals surface area contributed by atoms with Gasteiger partial charge in [-0.1, -0.05) is 53.5 Å². The van der Waals surface area contributed by atoms with Crippen LogP contribution in [0.15, 0.2) is 42.5 Å². The van der Waals surface area contributed by atoms with Crippen LogP contribution < -0.4 is 16.0 Å². The van der Waals surface area contributed by atoms with Crippen LogP contribution in [-0.2, 0) is 35.3 Å². The third-order valence-electron chi connectivity index (χ3n) is 6.71. The van der Waals surface area contributed by atoms with E-state index >= 15 is 0 Å². The first-order chi connectivity index (χ1) is 19.5. The van der Waals surface area contributed by atoms with Gasteiger partial charge in [-0.05, 0) is 37.5 Å². The van der Waals surface area contributed by atoms with Crippen molar-refractivity contribution >= 4 is 58.5 Å². The van der Waals surface area contributed by atoms with Crippen LogP contribution in [0.3, 0.4) is 0 Å². The summed E-state index contributed by atoms with van der Waals surface area (Å²) in [5.74, 6) is -2.35. The Bertz CT molecular complexity index is 1320. The summed E-state index contributed by atoms with van der Waals surface area (Å²) in [6.07, 6.45) is 0.00927. The molecule has 0 spiro atoms. The number of benzene rings is 2. The van der Waals surface area contributed by atoms with Crippen molar-refractivity contribution < 1.29 is 33.4 Å². The molecule has 4 atom stereocenters. The number of cyclic esters (lactones) is 1. The van der Waals surface area contributed by atoms with Crippen LogP contribution in [0.5, 0.6) is 0 Å². The van der Waals surface area contributed by atoms with Crippen LogP contribution in [0.25, 0.3) is 0 Å². The number of hydrogen-bond acceptors (Lipinski definition) is 7. The number of esters is 1. The van der Waals surface area contributed by atoms with Gasteiger partial charge in [0, 0.05) is 19.0 Å². The van der Waals surface area contributed by atoms with Gasteiger partial charge in [-0.15, -0.1) is 0 Å². The predicted octanol–water partition coefficient (Wildman–Crippen LogP) is 3.04. The Morgan fingerprint density at radius 2 is 1.80 bits per heavy atom. The van der Waals surface area contributed by atoms with Crippen LogP contribution in [0.4, 0.5) is 5.69 Å². The van der Waals surface area contributed by atoms with E-state index in [1.807, 2.05) is 30.3 Å². The number of ether oxygens (including phenoxy) is 2. The number of hydrogen-bond donors (Lipinski definition) is 3. The Morgan fingerprint density at radius 3 is 2.46 bits per heavy atom. The van der Waals surface area contributed by atoms with E-state index in [0.29, 0.717) is 19.4 Å². The lowest BCUT2D eigenvalue weighted by Gasteiger charge is -2.28. The molecule has 3 N–H and O–H groups in total. The van der Waals surface area contributed by atoms with Crippen LogP contribution in [0.1, 0.15) is 49.0 Å². The number of carbonyl (C=O) groups is 5. The van der Waals surface area contributed by atoms with Crippen molar-refractivity contribution in [3.8, 4) is 0 Å². The van der Waals surface area contributed by atoms with Crippen molar-refractivity contribution in [3.05, 3.63) is 63.6 Å². The maximum absolute atomic E-state index is 13.3. The minimum atomic E-state index is -0.971. The number of anilines is 1. The summed E-state index contributed by atoms with van der Waals surface area (Å²) in [5.41, 5.74) is 1.16. The van der Waals surface area contributed by atoms with Gasteiger partial charge in [-0.2, -0.15) is 0 Å². The van der Waals surface area contributed by atoms with Crippen LogP contribution in [0.2, 0.25) is 10.0 Å². The van der Waals surface area contributed by atoms with Crippen LogP contribution in [0, 0.1) is 0 Å². The van der Waals surface area contributed by atoms with Gasteiger partial charge < -0.3 is 30.3 Å². The number of rotatable bonds is 9. The molecule has 2 aromatic rings. The highest BCUT2D eigenvalue weighted by molar-refractivity contribution is 6.40. The largest absolute Gasteiger partial charge is 0.433 e. The maximum Gasteiger partial charge on any atom is 0.310 e. The lowest BCUT2D eigenvalue weighted by Crippen LogP contribution is -2.54. The zero-order valence-corrected chi connectivity index (χ0v) is 24.0. The third kappa shape index (κ3) is 7.55. The van der Waals surface area contributed by atoms with Crippen LogP contribution in [-0.4, -0.2) is 65.5 Å². The minimum absolute atomic E-state index is 0.0514. The summed E-state index contributed by atoms with van der Waals surface area (Å²) in [6.45, 7) is 3.34. The van der Waals surface area contributed by atoms with Crippen molar-refractivity contribution in [1.29, 1.82) is 0 Å². The zero-order chi connectivity index (χ0) is 29.7. The number of likely N-dealkylation sites (tertiary alicyclic amines) is 1. The Kier molecular flexibility index (Phi) is 9.85. The number of nitrogens with zero attached hydrogens (tertiary/aromatic N) is 1. The highest BCUT2D eigenvalue weighted by Crippen LogP contribution is 2.32. The number of halogens is 2. The van der Waals surface area contributed by atoms with E-state index in [1.165, 1.54) is 30.9 Å². The molecule has 11 nitrogen and oxygen atoms in total. The molecule has 2 aliphatic rings. The fourth-order valence-electron chi connectivity index (χ4n) is 4.73. The molecule has 2 saturated heterocycles. The van der Waals surface area contributed by atoms with Gasteiger partial charge in [0.2, 0.25) is 24.0 Å². The summed E-state index contributed by atoms with van der Waals surface area (Å²) in [5, 5.41) is 8.05. The maximum atomic E-state index is 13.3. The van der Waals surface area contributed by atoms with E-state index in [-0.39, 0.29) is 40.2 Å². The molecule has 0 radical (unpaired) electrons. The third-order valence-corrected chi connectivity index (χ3v) is 7.31. The summed E-state index contributed by atoms with van der Waals surface area (Å²) >= 11 is 12.4. The van der Waals surface area contributed by atoms with Gasteiger partial charge >= 0.3 is 5.97 Å². The minimum Gasteiger partial charge on any atom is -0.433 e. The van der Waals surface area contributed by atoms with Gasteiger partial charge in [0.05, 0.1) is 28.8 Å². The van der Waals surface area contributed by atoms with E-state index in [2.05, 4.69) is 16.0 Å². The zero-order valence-electron chi connectivity index (χ0n) is 22.4. The molecule has 0 aromatic heterocycles. The monoisotopic (exact) mass is 604 g/mol. The Balaban J connectivity index is 1.36. The Labute approximate surface area is 246 Å². The second-order valence-electron chi connectivity index (χ2n) is 9.85. The fourth-order valence-corrected chi connectivity index (χ4v) is 5.31. The molecule has 0 aliphatic carbocycles. The number of carbonyl (C=O) groups excluding carboxylic acids is 5. The molecular formula is C28H30Cl2N4O7.